The summed E-state index contributed by atoms with van der Waals surface area (Å²) in [6, 6.07) is 3.67. The van der Waals surface area contributed by atoms with Crippen LogP contribution in [0.5, 0.6) is 0 Å². The van der Waals surface area contributed by atoms with E-state index < -0.39 is 17.5 Å². The maximum absolute atomic E-state index is 11.4. The van der Waals surface area contributed by atoms with Gasteiger partial charge in [0, 0.05) is 11.6 Å². The number of pyridine rings is 1. The molecule has 0 amide bonds. The highest BCUT2D eigenvalue weighted by Crippen LogP contribution is 2.52. The van der Waals surface area contributed by atoms with Gasteiger partial charge in [0.15, 0.2) is 6.10 Å². The second-order valence-electron chi connectivity index (χ2n) is 3.92. The van der Waals surface area contributed by atoms with E-state index in [1.807, 2.05) is 6.07 Å². The molecule has 1 N–H and O–H groups in total. The van der Waals surface area contributed by atoms with Crippen LogP contribution in [0.2, 0.25) is 0 Å². The molecule has 1 aliphatic carbocycles. The fourth-order valence-corrected chi connectivity index (χ4v) is 2.56. The minimum Gasteiger partial charge on any atom is -0.467 e. The van der Waals surface area contributed by atoms with Gasteiger partial charge in [-0.3, -0.25) is 0 Å². The Hall–Kier alpha value is -0.940. The summed E-state index contributed by atoms with van der Waals surface area (Å²) in [5.41, 5.74) is 0.355. The summed E-state index contributed by atoms with van der Waals surface area (Å²) in [5, 5.41) is 9.96. The Morgan fingerprint density at radius 2 is 2.38 bits per heavy atom. The van der Waals surface area contributed by atoms with Crippen molar-refractivity contribution in [2.45, 2.75) is 24.4 Å². The third-order valence-corrected chi connectivity index (χ3v) is 3.66. The molecule has 0 aromatic carbocycles. The number of rotatable bonds is 3. The first-order valence-electron chi connectivity index (χ1n) is 4.99. The van der Waals surface area contributed by atoms with E-state index in [9.17, 15) is 9.90 Å². The number of nitrogens with zero attached hydrogens (tertiary/aromatic N) is 1. The van der Waals surface area contributed by atoms with Gasteiger partial charge in [0.2, 0.25) is 0 Å². The molecule has 4 nitrogen and oxygen atoms in total. The van der Waals surface area contributed by atoms with Gasteiger partial charge in [-0.25, -0.2) is 9.78 Å². The van der Waals surface area contributed by atoms with Crippen molar-refractivity contribution in [2.24, 2.45) is 0 Å². The third-order valence-electron chi connectivity index (χ3n) is 3.03. The number of esters is 1. The minimum absolute atomic E-state index is 0.514. The molecule has 0 spiro atoms. The van der Waals surface area contributed by atoms with Crippen LogP contribution in [0, 0.1) is 0 Å². The molecule has 0 aliphatic heterocycles. The lowest BCUT2D eigenvalue weighted by Crippen LogP contribution is -2.35. The van der Waals surface area contributed by atoms with Crippen LogP contribution in [0.3, 0.4) is 0 Å². The van der Waals surface area contributed by atoms with Crippen molar-refractivity contribution in [3.8, 4) is 0 Å². The maximum atomic E-state index is 11.4. The molecule has 1 fully saturated rings. The molecular weight excluding hydrogens is 274 g/mol. The summed E-state index contributed by atoms with van der Waals surface area (Å²) in [7, 11) is 1.28. The first-order valence-corrected chi connectivity index (χ1v) is 5.78. The summed E-state index contributed by atoms with van der Waals surface area (Å²) >= 11 is 3.34. The largest absolute Gasteiger partial charge is 0.467 e. The number of methoxy groups -OCH3 is 1. The maximum Gasteiger partial charge on any atom is 0.335 e. The summed E-state index contributed by atoms with van der Waals surface area (Å²) in [6.45, 7) is 0. The van der Waals surface area contributed by atoms with E-state index in [1.54, 1.807) is 12.3 Å². The average Bonchev–Trinajstić information content (AvgIpc) is 3.09. The monoisotopic (exact) mass is 285 g/mol. The number of aliphatic hydroxyl groups excluding tert-OH is 1. The van der Waals surface area contributed by atoms with Crippen molar-refractivity contribution in [1.29, 1.82) is 0 Å². The van der Waals surface area contributed by atoms with Gasteiger partial charge >= 0.3 is 5.97 Å². The summed E-state index contributed by atoms with van der Waals surface area (Å²) < 4.78 is 5.25. The lowest BCUT2D eigenvalue weighted by molar-refractivity contribution is -0.152. The van der Waals surface area contributed by atoms with Gasteiger partial charge in [-0.1, -0.05) is 6.07 Å². The fraction of sp³-hybridized carbons (Fsp3) is 0.455. The highest BCUT2D eigenvalue weighted by Gasteiger charge is 2.54. The van der Waals surface area contributed by atoms with Crippen LogP contribution in [0.1, 0.15) is 18.4 Å². The lowest BCUT2D eigenvalue weighted by atomic mass is 9.91. The Kier molecular flexibility index (Phi) is 2.99. The highest BCUT2D eigenvalue weighted by atomic mass is 79.9. The SMILES string of the molecule is COC(=O)C(O)C1(c2cccnc2Br)CC1. The number of aliphatic hydroxyl groups is 1. The zero-order valence-corrected chi connectivity index (χ0v) is 10.4. The van der Waals surface area contributed by atoms with E-state index in [1.165, 1.54) is 7.11 Å². The Balaban J connectivity index is 2.33. The molecule has 1 heterocycles. The van der Waals surface area contributed by atoms with Crippen LogP contribution >= 0.6 is 15.9 Å². The fourth-order valence-electron chi connectivity index (χ4n) is 1.92. The van der Waals surface area contributed by atoms with E-state index in [-0.39, 0.29) is 0 Å². The number of carbonyl (C=O) groups is 1. The van der Waals surface area contributed by atoms with Crippen LogP contribution < -0.4 is 0 Å². The van der Waals surface area contributed by atoms with E-state index in [2.05, 4.69) is 25.7 Å². The number of halogens is 1. The minimum atomic E-state index is -1.11. The van der Waals surface area contributed by atoms with Crippen molar-refractivity contribution in [3.05, 3.63) is 28.5 Å². The molecule has 16 heavy (non-hydrogen) atoms. The normalized spacial score (nSPS) is 18.9. The van der Waals surface area contributed by atoms with Crippen LogP contribution in [0.15, 0.2) is 22.9 Å². The Labute approximate surface area is 102 Å². The Bertz CT molecular complexity index is 417. The van der Waals surface area contributed by atoms with Crippen molar-refractivity contribution in [2.75, 3.05) is 7.11 Å². The molecule has 1 aromatic heterocycles. The van der Waals surface area contributed by atoms with Crippen LogP contribution in [-0.2, 0) is 14.9 Å². The smallest absolute Gasteiger partial charge is 0.335 e. The quantitative estimate of drug-likeness (QED) is 0.674. The summed E-state index contributed by atoms with van der Waals surface area (Å²) in [4.78, 5) is 15.5. The summed E-state index contributed by atoms with van der Waals surface area (Å²) in [5.74, 6) is -0.590. The summed E-state index contributed by atoms with van der Waals surface area (Å²) in [6.07, 6.45) is 2.09. The number of carbonyl (C=O) groups excluding carboxylic acids is 1. The van der Waals surface area contributed by atoms with Gasteiger partial charge in [-0.05, 0) is 40.4 Å². The van der Waals surface area contributed by atoms with E-state index in [0.29, 0.717) is 4.60 Å². The second-order valence-corrected chi connectivity index (χ2v) is 4.67. The van der Waals surface area contributed by atoms with Crippen LogP contribution in [0.25, 0.3) is 0 Å². The predicted octanol–water partition coefficient (Wildman–Crippen LogP) is 1.41. The molecule has 2 rings (SSSR count). The Morgan fingerprint density at radius 1 is 1.69 bits per heavy atom. The average molecular weight is 286 g/mol. The topological polar surface area (TPSA) is 59.4 Å². The zero-order chi connectivity index (χ0) is 11.8. The molecule has 1 aromatic rings. The molecule has 0 radical (unpaired) electrons. The predicted molar refractivity (Wildman–Crippen MR) is 60.9 cm³/mol. The molecule has 1 unspecified atom stereocenters. The third kappa shape index (κ3) is 1.74. The molecule has 5 heteroatoms. The first kappa shape index (κ1) is 11.5. The second kappa shape index (κ2) is 4.14. The molecule has 1 saturated carbocycles. The zero-order valence-electron chi connectivity index (χ0n) is 8.81. The Morgan fingerprint density at radius 3 is 2.88 bits per heavy atom. The van der Waals surface area contributed by atoms with Gasteiger partial charge in [-0.15, -0.1) is 0 Å². The van der Waals surface area contributed by atoms with E-state index in [4.69, 9.17) is 0 Å². The molecule has 1 atom stereocenters. The van der Waals surface area contributed by atoms with Crippen molar-refractivity contribution < 1.29 is 14.6 Å². The van der Waals surface area contributed by atoms with E-state index in [0.717, 1.165) is 18.4 Å². The van der Waals surface area contributed by atoms with Crippen LogP contribution in [-0.4, -0.2) is 29.3 Å². The number of aromatic nitrogens is 1. The van der Waals surface area contributed by atoms with Gasteiger partial charge in [-0.2, -0.15) is 0 Å². The number of hydrogen-bond donors (Lipinski definition) is 1. The molecule has 0 bridgehead atoms. The van der Waals surface area contributed by atoms with Crippen molar-refractivity contribution >= 4 is 21.9 Å². The van der Waals surface area contributed by atoms with Crippen molar-refractivity contribution in [3.63, 3.8) is 0 Å². The van der Waals surface area contributed by atoms with E-state index >= 15 is 0 Å². The van der Waals surface area contributed by atoms with Gasteiger partial charge < -0.3 is 9.84 Å². The number of ether oxygens (including phenoxy) is 1. The molecular formula is C11H12BrNO3. The van der Waals surface area contributed by atoms with Gasteiger partial charge in [0.05, 0.1) is 7.11 Å². The molecule has 86 valence electrons. The molecule has 1 aliphatic rings. The first-order chi connectivity index (χ1) is 7.62. The van der Waals surface area contributed by atoms with Crippen molar-refractivity contribution in [1.82, 2.24) is 4.98 Å². The lowest BCUT2D eigenvalue weighted by Gasteiger charge is -2.21. The van der Waals surface area contributed by atoms with Gasteiger partial charge in [0.25, 0.3) is 0 Å². The molecule has 0 saturated heterocycles. The van der Waals surface area contributed by atoms with Crippen LogP contribution in [0.4, 0.5) is 0 Å². The number of hydrogen-bond acceptors (Lipinski definition) is 4. The van der Waals surface area contributed by atoms with Gasteiger partial charge in [0.1, 0.15) is 4.60 Å². The highest BCUT2D eigenvalue weighted by molar-refractivity contribution is 9.10. The standard InChI is InChI=1S/C11H12BrNO3/c1-16-10(15)8(14)11(4-5-11)7-3-2-6-13-9(7)12/h2-3,6,8,14H,4-5H2,1H3.